The van der Waals surface area contributed by atoms with E-state index in [1.54, 1.807) is 0 Å². The molecule has 1 fully saturated rings. The molecule has 0 aromatic heterocycles. The Morgan fingerprint density at radius 3 is 2.92 bits per heavy atom. The normalized spacial score (nSPS) is 22.8. The van der Waals surface area contributed by atoms with Gasteiger partial charge in [0, 0.05) is 13.1 Å². The number of amides is 1. The molecule has 0 radical (unpaired) electrons. The summed E-state index contributed by atoms with van der Waals surface area (Å²) in [6, 6.07) is -0.222. The first-order valence-corrected chi connectivity index (χ1v) is 6.18. The largest absolute Gasteiger partial charge is 0.341 e. The number of hydrogen-bond acceptors (Lipinski definition) is 3. The molecule has 1 amide bonds. The summed E-state index contributed by atoms with van der Waals surface area (Å²) in [5.41, 5.74) is 5.60. The van der Waals surface area contributed by atoms with Gasteiger partial charge in [0.15, 0.2) is 0 Å². The third-order valence-electron chi connectivity index (χ3n) is 2.37. The first-order valence-electron chi connectivity index (χ1n) is 4.79. The molecular formula is C9H18N2OS. The zero-order valence-electron chi connectivity index (χ0n) is 8.16. The smallest absolute Gasteiger partial charge is 0.239 e. The summed E-state index contributed by atoms with van der Waals surface area (Å²) >= 11 is 1.86. The zero-order valence-corrected chi connectivity index (χ0v) is 8.98. The maximum absolute atomic E-state index is 11.4. The fourth-order valence-corrected chi connectivity index (χ4v) is 2.03. The third kappa shape index (κ3) is 3.19. The lowest BCUT2D eigenvalue weighted by Crippen LogP contribution is -2.34. The molecular weight excluding hydrogens is 184 g/mol. The van der Waals surface area contributed by atoms with Gasteiger partial charge in [-0.05, 0) is 31.3 Å². The van der Waals surface area contributed by atoms with Crippen molar-refractivity contribution in [3.8, 4) is 0 Å². The summed E-state index contributed by atoms with van der Waals surface area (Å²) in [6.07, 6.45) is 5.25. The molecule has 13 heavy (non-hydrogen) atoms. The molecule has 1 saturated heterocycles. The van der Waals surface area contributed by atoms with Gasteiger partial charge in [-0.25, -0.2) is 0 Å². The number of carbonyl (C=O) groups is 1. The number of rotatable bonds is 5. The van der Waals surface area contributed by atoms with Crippen LogP contribution in [0.25, 0.3) is 0 Å². The van der Waals surface area contributed by atoms with E-state index >= 15 is 0 Å². The number of carbonyl (C=O) groups excluding carboxylic acids is 1. The Hall–Kier alpha value is -0.220. The highest BCUT2D eigenvalue weighted by molar-refractivity contribution is 7.98. The Kier molecular flexibility index (Phi) is 4.59. The van der Waals surface area contributed by atoms with Gasteiger partial charge in [-0.2, -0.15) is 11.8 Å². The van der Waals surface area contributed by atoms with Gasteiger partial charge in [0.2, 0.25) is 5.91 Å². The van der Waals surface area contributed by atoms with Crippen LogP contribution in [0.3, 0.4) is 0 Å². The van der Waals surface area contributed by atoms with E-state index in [0.29, 0.717) is 0 Å². The third-order valence-corrected chi connectivity index (χ3v) is 3.06. The number of likely N-dealkylation sites (tertiary alicyclic amines) is 1. The SMILES string of the molecule is CSCCCCN1CCC(N)C1=O. The van der Waals surface area contributed by atoms with Gasteiger partial charge in [0.05, 0.1) is 6.04 Å². The summed E-state index contributed by atoms with van der Waals surface area (Å²) in [4.78, 5) is 13.3. The van der Waals surface area contributed by atoms with Crippen LogP contribution in [-0.2, 0) is 4.79 Å². The predicted octanol–water partition coefficient (Wildman–Crippen LogP) is 0.689. The van der Waals surface area contributed by atoms with Crippen LogP contribution in [-0.4, -0.2) is 41.9 Å². The van der Waals surface area contributed by atoms with Gasteiger partial charge in [-0.3, -0.25) is 4.79 Å². The van der Waals surface area contributed by atoms with E-state index < -0.39 is 0 Å². The quantitative estimate of drug-likeness (QED) is 0.667. The van der Waals surface area contributed by atoms with Gasteiger partial charge in [0.1, 0.15) is 0 Å². The van der Waals surface area contributed by atoms with E-state index in [1.165, 1.54) is 12.2 Å². The van der Waals surface area contributed by atoms with Crippen LogP contribution in [0.15, 0.2) is 0 Å². The second-order valence-corrected chi connectivity index (χ2v) is 4.41. The molecule has 1 rings (SSSR count). The molecule has 1 aliphatic rings. The minimum atomic E-state index is -0.222. The Bertz CT molecular complexity index is 175. The summed E-state index contributed by atoms with van der Waals surface area (Å²) < 4.78 is 0. The van der Waals surface area contributed by atoms with Crippen molar-refractivity contribution in [1.29, 1.82) is 0 Å². The summed E-state index contributed by atoms with van der Waals surface area (Å²) in [6.45, 7) is 1.76. The van der Waals surface area contributed by atoms with Gasteiger partial charge < -0.3 is 10.6 Å². The van der Waals surface area contributed by atoms with Crippen LogP contribution in [0.5, 0.6) is 0 Å². The molecule has 0 aromatic carbocycles. The van der Waals surface area contributed by atoms with E-state index in [2.05, 4.69) is 6.26 Å². The lowest BCUT2D eigenvalue weighted by Gasteiger charge is -2.15. The van der Waals surface area contributed by atoms with Crippen LogP contribution >= 0.6 is 11.8 Å². The molecule has 1 aliphatic heterocycles. The maximum atomic E-state index is 11.4. The van der Waals surface area contributed by atoms with E-state index in [1.807, 2.05) is 16.7 Å². The van der Waals surface area contributed by atoms with Crippen molar-refractivity contribution in [3.63, 3.8) is 0 Å². The molecule has 2 N–H and O–H groups in total. The first-order chi connectivity index (χ1) is 6.25. The number of unbranched alkanes of at least 4 members (excludes halogenated alkanes) is 1. The van der Waals surface area contributed by atoms with Crippen molar-refractivity contribution < 1.29 is 4.79 Å². The molecule has 0 spiro atoms. The summed E-state index contributed by atoms with van der Waals surface area (Å²) in [7, 11) is 0. The second kappa shape index (κ2) is 5.50. The van der Waals surface area contributed by atoms with Gasteiger partial charge >= 0.3 is 0 Å². The lowest BCUT2D eigenvalue weighted by molar-refractivity contribution is -0.128. The van der Waals surface area contributed by atoms with E-state index in [9.17, 15) is 4.79 Å². The standard InChI is InChI=1S/C9H18N2OS/c1-13-7-3-2-5-11-6-4-8(10)9(11)12/h8H,2-7,10H2,1H3. The molecule has 4 heteroatoms. The molecule has 1 atom stereocenters. The second-order valence-electron chi connectivity index (χ2n) is 3.42. The average molecular weight is 202 g/mol. The fraction of sp³-hybridized carbons (Fsp3) is 0.889. The van der Waals surface area contributed by atoms with E-state index in [4.69, 9.17) is 5.73 Å². The van der Waals surface area contributed by atoms with Gasteiger partial charge in [-0.1, -0.05) is 0 Å². The Morgan fingerprint density at radius 2 is 2.38 bits per heavy atom. The molecule has 0 aliphatic carbocycles. The van der Waals surface area contributed by atoms with Crippen molar-refractivity contribution in [3.05, 3.63) is 0 Å². The van der Waals surface area contributed by atoms with Crippen molar-refractivity contribution in [1.82, 2.24) is 4.90 Å². The number of nitrogens with zero attached hydrogens (tertiary/aromatic N) is 1. The Labute approximate surface area is 84.0 Å². The highest BCUT2D eigenvalue weighted by Crippen LogP contribution is 2.10. The average Bonchev–Trinajstić information content (AvgIpc) is 2.43. The minimum Gasteiger partial charge on any atom is -0.341 e. The molecule has 0 saturated carbocycles. The zero-order chi connectivity index (χ0) is 9.68. The van der Waals surface area contributed by atoms with Gasteiger partial charge in [0.25, 0.3) is 0 Å². The van der Waals surface area contributed by atoms with Crippen LogP contribution < -0.4 is 5.73 Å². The molecule has 76 valence electrons. The summed E-state index contributed by atoms with van der Waals surface area (Å²) in [5.74, 6) is 1.33. The van der Waals surface area contributed by atoms with Crippen molar-refractivity contribution >= 4 is 17.7 Å². The van der Waals surface area contributed by atoms with Crippen LogP contribution in [0, 0.1) is 0 Å². The fourth-order valence-electron chi connectivity index (χ4n) is 1.53. The Balaban J connectivity index is 2.12. The van der Waals surface area contributed by atoms with Crippen molar-refractivity contribution in [2.75, 3.05) is 25.1 Å². The highest BCUT2D eigenvalue weighted by Gasteiger charge is 2.27. The molecule has 1 unspecified atom stereocenters. The highest BCUT2D eigenvalue weighted by atomic mass is 32.2. The summed E-state index contributed by atoms with van der Waals surface area (Å²) in [5, 5.41) is 0. The van der Waals surface area contributed by atoms with Gasteiger partial charge in [-0.15, -0.1) is 0 Å². The maximum Gasteiger partial charge on any atom is 0.239 e. The number of hydrogen-bond donors (Lipinski definition) is 1. The van der Waals surface area contributed by atoms with Crippen molar-refractivity contribution in [2.45, 2.75) is 25.3 Å². The molecule has 3 nitrogen and oxygen atoms in total. The van der Waals surface area contributed by atoms with Crippen molar-refractivity contribution in [2.24, 2.45) is 5.73 Å². The number of thioether (sulfide) groups is 1. The molecule has 0 bridgehead atoms. The Morgan fingerprint density at radius 1 is 1.62 bits per heavy atom. The topological polar surface area (TPSA) is 46.3 Å². The van der Waals surface area contributed by atoms with Crippen LogP contribution in [0.4, 0.5) is 0 Å². The first kappa shape index (κ1) is 10.9. The monoisotopic (exact) mass is 202 g/mol. The minimum absolute atomic E-state index is 0.143. The van der Waals surface area contributed by atoms with E-state index in [-0.39, 0.29) is 11.9 Å². The predicted molar refractivity (Wildman–Crippen MR) is 56.8 cm³/mol. The number of nitrogens with two attached hydrogens (primary N) is 1. The lowest BCUT2D eigenvalue weighted by atomic mass is 10.3. The van der Waals surface area contributed by atoms with Crippen LogP contribution in [0.2, 0.25) is 0 Å². The molecule has 1 heterocycles. The van der Waals surface area contributed by atoms with E-state index in [0.717, 1.165) is 25.9 Å². The van der Waals surface area contributed by atoms with Crippen LogP contribution in [0.1, 0.15) is 19.3 Å². The molecule has 0 aromatic rings.